The maximum atomic E-state index is 11.9. The van der Waals surface area contributed by atoms with Gasteiger partial charge in [0.15, 0.2) is 6.61 Å². The van der Waals surface area contributed by atoms with Gasteiger partial charge in [0.1, 0.15) is 9.75 Å². The molecule has 0 spiro atoms. The summed E-state index contributed by atoms with van der Waals surface area (Å²) >= 11 is 11.8. The first-order chi connectivity index (χ1) is 11.8. The van der Waals surface area contributed by atoms with Crippen molar-refractivity contribution in [1.29, 1.82) is 0 Å². The summed E-state index contributed by atoms with van der Waals surface area (Å²) in [6.45, 7) is 4.39. The summed E-state index contributed by atoms with van der Waals surface area (Å²) in [5, 5.41) is 2.69. The predicted octanol–water partition coefficient (Wildman–Crippen LogP) is 2.59. The molecule has 25 heavy (non-hydrogen) atoms. The van der Waals surface area contributed by atoms with Gasteiger partial charge in [-0.25, -0.2) is 0 Å². The number of carbonyl (C=O) groups is 2. The van der Waals surface area contributed by atoms with Crippen LogP contribution in [0.3, 0.4) is 0 Å². The molecule has 2 aliphatic rings. The third-order valence-corrected chi connectivity index (χ3v) is 5.67. The Kier molecular flexibility index (Phi) is 5.14. The van der Waals surface area contributed by atoms with E-state index >= 15 is 0 Å². The molecule has 1 aliphatic heterocycles. The van der Waals surface area contributed by atoms with Crippen molar-refractivity contribution in [3.8, 4) is 0 Å². The van der Waals surface area contributed by atoms with Crippen LogP contribution >= 0.6 is 23.2 Å². The lowest BCUT2D eigenvalue weighted by Crippen LogP contribution is -2.36. The van der Waals surface area contributed by atoms with Gasteiger partial charge in [0, 0.05) is 30.9 Å². The summed E-state index contributed by atoms with van der Waals surface area (Å²) in [4.78, 5) is 26.1. The van der Waals surface area contributed by atoms with Crippen LogP contribution in [0.25, 0.3) is 0 Å². The van der Waals surface area contributed by atoms with Crippen molar-refractivity contribution in [2.75, 3.05) is 43.1 Å². The predicted molar refractivity (Wildman–Crippen MR) is 96.2 cm³/mol. The van der Waals surface area contributed by atoms with Crippen molar-refractivity contribution in [2.45, 2.75) is 17.7 Å². The number of morpholine rings is 1. The summed E-state index contributed by atoms with van der Waals surface area (Å²) in [7, 11) is 0. The molecule has 1 atom stereocenters. The smallest absolute Gasteiger partial charge is 0.315 e. The number of rotatable bonds is 5. The Labute approximate surface area is 156 Å². The highest BCUT2D eigenvalue weighted by atomic mass is 35.5. The van der Waals surface area contributed by atoms with Crippen LogP contribution in [0, 0.1) is 5.41 Å². The first-order valence-corrected chi connectivity index (χ1v) is 8.85. The highest BCUT2D eigenvalue weighted by Crippen LogP contribution is 2.64. The third-order valence-electron chi connectivity index (χ3n) is 4.57. The molecule has 8 heteroatoms. The molecule has 3 rings (SSSR count). The van der Waals surface area contributed by atoms with E-state index in [2.05, 4.69) is 10.2 Å². The molecular weight excluding hydrogens is 367 g/mol. The van der Waals surface area contributed by atoms with Gasteiger partial charge in [0.05, 0.1) is 13.2 Å². The van der Waals surface area contributed by atoms with Crippen molar-refractivity contribution in [3.05, 3.63) is 24.3 Å². The molecule has 136 valence electrons. The average Bonchev–Trinajstić information content (AvgIpc) is 3.13. The highest BCUT2D eigenvalue weighted by molar-refractivity contribution is 6.53. The minimum absolute atomic E-state index is 0.326. The third kappa shape index (κ3) is 4.02. The van der Waals surface area contributed by atoms with Crippen LogP contribution in [0.5, 0.6) is 0 Å². The molecule has 0 bridgehead atoms. The number of esters is 1. The first-order valence-electron chi connectivity index (χ1n) is 8.09. The number of anilines is 2. The number of ether oxygens (including phenoxy) is 2. The van der Waals surface area contributed by atoms with Crippen LogP contribution in [0.15, 0.2) is 24.3 Å². The molecule has 0 unspecified atom stereocenters. The van der Waals surface area contributed by atoms with E-state index in [9.17, 15) is 9.59 Å². The Morgan fingerprint density at radius 3 is 2.40 bits per heavy atom. The lowest BCUT2D eigenvalue weighted by Gasteiger charge is -2.28. The van der Waals surface area contributed by atoms with Gasteiger partial charge in [-0.1, -0.05) is 0 Å². The van der Waals surface area contributed by atoms with Crippen molar-refractivity contribution in [2.24, 2.45) is 5.41 Å². The van der Waals surface area contributed by atoms with E-state index in [-0.39, 0.29) is 6.61 Å². The Bertz CT molecular complexity index is 659. The van der Waals surface area contributed by atoms with Gasteiger partial charge in [-0.2, -0.15) is 0 Å². The summed E-state index contributed by atoms with van der Waals surface area (Å²) < 4.78 is 9.24. The van der Waals surface area contributed by atoms with E-state index in [1.165, 1.54) is 0 Å². The molecule has 1 saturated heterocycles. The van der Waals surface area contributed by atoms with Crippen LogP contribution in [-0.2, 0) is 19.1 Å². The number of amides is 1. The maximum absolute atomic E-state index is 11.9. The van der Waals surface area contributed by atoms with E-state index in [1.54, 1.807) is 6.92 Å². The molecule has 0 aromatic heterocycles. The molecule has 1 aliphatic carbocycles. The quantitative estimate of drug-likeness (QED) is 0.622. The van der Waals surface area contributed by atoms with Gasteiger partial charge in [0.2, 0.25) is 0 Å². The normalized spacial score (nSPS) is 24.5. The standard InChI is InChI=1S/C17H20Cl2N2O4/c1-16(11-17(16,18)19)15(23)25-10-14(22)20-12-2-4-13(5-3-12)21-6-8-24-9-7-21/h2-5H,6-11H2,1H3,(H,20,22)/t16-/m0/s1. The molecule has 2 fully saturated rings. The average molecular weight is 387 g/mol. The molecule has 1 aromatic carbocycles. The number of alkyl halides is 2. The number of carbonyl (C=O) groups excluding carboxylic acids is 2. The summed E-state index contributed by atoms with van der Waals surface area (Å²) in [6, 6.07) is 7.51. The second kappa shape index (κ2) is 7.02. The fraction of sp³-hybridized carbons (Fsp3) is 0.529. The summed E-state index contributed by atoms with van der Waals surface area (Å²) in [6.07, 6.45) is 0.326. The minimum atomic E-state index is -1.10. The Hall–Kier alpha value is -1.50. The van der Waals surface area contributed by atoms with Gasteiger partial charge in [-0.3, -0.25) is 9.59 Å². The van der Waals surface area contributed by atoms with Crippen molar-refractivity contribution in [1.82, 2.24) is 0 Å². The largest absolute Gasteiger partial charge is 0.455 e. The molecule has 0 radical (unpaired) electrons. The first kappa shape index (κ1) is 18.3. The van der Waals surface area contributed by atoms with Gasteiger partial charge in [-0.15, -0.1) is 23.2 Å². The van der Waals surface area contributed by atoms with Gasteiger partial charge in [0.25, 0.3) is 5.91 Å². The highest BCUT2D eigenvalue weighted by Gasteiger charge is 2.69. The molecule has 1 N–H and O–H groups in total. The number of nitrogens with zero attached hydrogens (tertiary/aromatic N) is 1. The van der Waals surface area contributed by atoms with Crippen LogP contribution in [0.1, 0.15) is 13.3 Å². The molecule has 6 nitrogen and oxygen atoms in total. The molecule has 1 amide bonds. The van der Waals surface area contributed by atoms with Crippen molar-refractivity contribution in [3.63, 3.8) is 0 Å². The number of nitrogens with one attached hydrogen (secondary N) is 1. The Morgan fingerprint density at radius 1 is 1.24 bits per heavy atom. The minimum Gasteiger partial charge on any atom is -0.455 e. The summed E-state index contributed by atoms with van der Waals surface area (Å²) in [5.74, 6) is -0.971. The lowest BCUT2D eigenvalue weighted by atomic mass is 10.1. The van der Waals surface area contributed by atoms with Crippen LogP contribution in [0.4, 0.5) is 11.4 Å². The maximum Gasteiger partial charge on any atom is 0.315 e. The molecule has 1 saturated carbocycles. The van der Waals surface area contributed by atoms with Gasteiger partial charge < -0.3 is 19.7 Å². The van der Waals surface area contributed by atoms with Gasteiger partial charge >= 0.3 is 5.97 Å². The van der Waals surface area contributed by atoms with E-state index in [0.29, 0.717) is 25.3 Å². The van der Waals surface area contributed by atoms with Crippen LogP contribution in [0.2, 0.25) is 0 Å². The number of halogens is 2. The van der Waals surface area contributed by atoms with Crippen LogP contribution < -0.4 is 10.2 Å². The number of benzene rings is 1. The van der Waals surface area contributed by atoms with E-state index < -0.39 is 21.6 Å². The van der Waals surface area contributed by atoms with Crippen molar-refractivity contribution >= 4 is 46.5 Å². The molecular formula is C17H20Cl2N2O4. The Morgan fingerprint density at radius 2 is 1.84 bits per heavy atom. The van der Waals surface area contributed by atoms with Crippen molar-refractivity contribution < 1.29 is 19.1 Å². The zero-order valence-electron chi connectivity index (χ0n) is 13.9. The van der Waals surface area contributed by atoms with E-state index in [4.69, 9.17) is 32.7 Å². The topological polar surface area (TPSA) is 67.9 Å². The Balaban J connectivity index is 1.47. The fourth-order valence-corrected chi connectivity index (χ4v) is 3.37. The lowest BCUT2D eigenvalue weighted by molar-refractivity contribution is -0.152. The molecule has 1 aromatic rings. The number of hydrogen-bond acceptors (Lipinski definition) is 5. The zero-order chi connectivity index (χ0) is 18.1. The SMILES string of the molecule is C[C@@]1(C(=O)OCC(=O)Nc2ccc(N3CCOCC3)cc2)CC1(Cl)Cl. The number of hydrogen-bond donors (Lipinski definition) is 1. The van der Waals surface area contributed by atoms with Gasteiger partial charge in [-0.05, 0) is 31.2 Å². The second-order valence-electron chi connectivity index (χ2n) is 6.48. The van der Waals surface area contributed by atoms with Crippen LogP contribution in [-0.4, -0.2) is 49.1 Å². The monoisotopic (exact) mass is 386 g/mol. The zero-order valence-corrected chi connectivity index (χ0v) is 15.4. The van der Waals surface area contributed by atoms with E-state index in [1.807, 2.05) is 24.3 Å². The second-order valence-corrected chi connectivity index (χ2v) is 7.97. The fourth-order valence-electron chi connectivity index (χ4n) is 2.69. The van der Waals surface area contributed by atoms with E-state index in [0.717, 1.165) is 18.8 Å². The molecule has 1 heterocycles. The summed E-state index contributed by atoms with van der Waals surface area (Å²) in [5.41, 5.74) is 0.783.